The van der Waals surface area contributed by atoms with Gasteiger partial charge in [0.05, 0.1) is 12.0 Å². The Morgan fingerprint density at radius 3 is 2.68 bits per heavy atom. The Labute approximate surface area is 152 Å². The number of piperidine rings is 1. The number of carbonyl (C=O) groups excluding carboxylic acids is 1. The normalized spacial score (nSPS) is 20.1. The molecule has 0 aliphatic carbocycles. The summed E-state index contributed by atoms with van der Waals surface area (Å²) >= 11 is 1.21. The van der Waals surface area contributed by atoms with Gasteiger partial charge in [-0.25, -0.2) is 8.42 Å². The Hall–Kier alpha value is -1.70. The number of hydrogen-bond donors (Lipinski definition) is 1. The molecule has 1 saturated heterocycles. The van der Waals surface area contributed by atoms with Crippen molar-refractivity contribution in [3.63, 3.8) is 0 Å². The van der Waals surface area contributed by atoms with Gasteiger partial charge in [0, 0.05) is 13.1 Å². The number of hydrogen-bond acceptors (Lipinski definition) is 4. The third-order valence-electron chi connectivity index (χ3n) is 4.50. The van der Waals surface area contributed by atoms with E-state index in [4.69, 9.17) is 0 Å². The third kappa shape index (κ3) is 4.11. The number of carbonyl (C=O) groups is 1. The van der Waals surface area contributed by atoms with Crippen LogP contribution in [0.2, 0.25) is 0 Å². The van der Waals surface area contributed by atoms with Crippen molar-refractivity contribution in [1.29, 1.82) is 0 Å². The van der Waals surface area contributed by atoms with Crippen molar-refractivity contribution in [2.75, 3.05) is 13.1 Å². The second kappa shape index (κ2) is 7.68. The quantitative estimate of drug-likeness (QED) is 0.870. The van der Waals surface area contributed by atoms with Crippen molar-refractivity contribution in [3.05, 3.63) is 53.4 Å². The molecule has 2 aromatic rings. The highest BCUT2D eigenvalue weighted by Gasteiger charge is 2.34. The fourth-order valence-electron chi connectivity index (χ4n) is 3.07. The van der Waals surface area contributed by atoms with E-state index in [2.05, 4.69) is 5.32 Å². The molecule has 0 bridgehead atoms. The number of nitrogens with zero attached hydrogens (tertiary/aromatic N) is 1. The number of thiophene rings is 1. The molecule has 1 aromatic carbocycles. The minimum Gasteiger partial charge on any atom is -0.349 e. The predicted octanol–water partition coefficient (Wildman–Crippen LogP) is 3.03. The van der Waals surface area contributed by atoms with Gasteiger partial charge >= 0.3 is 0 Å². The Morgan fingerprint density at radius 1 is 1.24 bits per heavy atom. The van der Waals surface area contributed by atoms with E-state index < -0.39 is 10.0 Å². The van der Waals surface area contributed by atoms with Crippen LogP contribution in [0.15, 0.2) is 52.1 Å². The van der Waals surface area contributed by atoms with Crippen molar-refractivity contribution in [2.45, 2.75) is 30.0 Å². The topological polar surface area (TPSA) is 66.5 Å². The van der Waals surface area contributed by atoms with Gasteiger partial charge in [0.2, 0.25) is 5.91 Å². The average Bonchev–Trinajstić information content (AvgIpc) is 3.18. The number of benzene rings is 1. The first kappa shape index (κ1) is 18.1. The smallest absolute Gasteiger partial charge is 0.252 e. The van der Waals surface area contributed by atoms with Crippen molar-refractivity contribution >= 4 is 27.3 Å². The maximum atomic E-state index is 12.7. The van der Waals surface area contributed by atoms with Crippen LogP contribution in [0.5, 0.6) is 0 Å². The maximum absolute atomic E-state index is 12.7. The Bertz CT molecular complexity index is 804. The summed E-state index contributed by atoms with van der Waals surface area (Å²) in [5, 5.41) is 4.77. The summed E-state index contributed by atoms with van der Waals surface area (Å²) in [6.45, 7) is 2.65. The van der Waals surface area contributed by atoms with Crippen molar-refractivity contribution < 1.29 is 13.2 Å². The van der Waals surface area contributed by atoms with E-state index in [1.807, 2.05) is 37.3 Å². The van der Waals surface area contributed by atoms with E-state index in [0.717, 1.165) is 5.56 Å². The van der Waals surface area contributed by atoms with Crippen LogP contribution in [0, 0.1) is 5.92 Å². The SMILES string of the molecule is C[C@H](NC(=O)[C@H]1CCCN(S(=O)(=O)c2cccs2)C1)c1ccccc1. The summed E-state index contributed by atoms with van der Waals surface area (Å²) in [5.41, 5.74) is 1.04. The van der Waals surface area contributed by atoms with Crippen LogP contribution in [0.1, 0.15) is 31.4 Å². The third-order valence-corrected chi connectivity index (χ3v) is 7.74. The monoisotopic (exact) mass is 378 g/mol. The van der Waals surface area contributed by atoms with Crippen LogP contribution >= 0.6 is 11.3 Å². The van der Waals surface area contributed by atoms with E-state index in [9.17, 15) is 13.2 Å². The van der Waals surface area contributed by atoms with Gasteiger partial charge < -0.3 is 5.32 Å². The van der Waals surface area contributed by atoms with E-state index in [1.54, 1.807) is 17.5 Å². The molecule has 0 saturated carbocycles. The molecule has 1 aliphatic rings. The Morgan fingerprint density at radius 2 is 2.00 bits per heavy atom. The van der Waals surface area contributed by atoms with Gasteiger partial charge in [-0.15, -0.1) is 11.3 Å². The molecule has 7 heteroatoms. The molecule has 1 aromatic heterocycles. The summed E-state index contributed by atoms with van der Waals surface area (Å²) < 4.78 is 27.1. The minimum absolute atomic E-state index is 0.0811. The second-order valence-corrected chi connectivity index (χ2v) is 9.39. The number of sulfonamides is 1. The van der Waals surface area contributed by atoms with Gasteiger partial charge in [-0.05, 0) is 36.8 Å². The van der Waals surface area contributed by atoms with Crippen LogP contribution in [0.3, 0.4) is 0 Å². The van der Waals surface area contributed by atoms with E-state index in [0.29, 0.717) is 23.6 Å². The molecule has 2 atom stereocenters. The zero-order chi connectivity index (χ0) is 17.9. The number of nitrogens with one attached hydrogen (secondary N) is 1. The Balaban J connectivity index is 1.66. The zero-order valence-electron chi connectivity index (χ0n) is 14.1. The van der Waals surface area contributed by atoms with Gasteiger partial charge in [-0.1, -0.05) is 36.4 Å². The lowest BCUT2D eigenvalue weighted by molar-refractivity contribution is -0.126. The maximum Gasteiger partial charge on any atom is 0.252 e. The summed E-state index contributed by atoms with van der Waals surface area (Å²) in [6.07, 6.45) is 1.41. The number of amides is 1. The second-order valence-electron chi connectivity index (χ2n) is 6.28. The first-order valence-electron chi connectivity index (χ1n) is 8.37. The summed E-state index contributed by atoms with van der Waals surface area (Å²) in [5.74, 6) is -0.392. The summed E-state index contributed by atoms with van der Waals surface area (Å²) in [4.78, 5) is 12.6. The van der Waals surface area contributed by atoms with Crippen molar-refractivity contribution in [3.8, 4) is 0 Å². The molecule has 134 valence electrons. The first-order chi connectivity index (χ1) is 12.0. The molecule has 1 N–H and O–H groups in total. The lowest BCUT2D eigenvalue weighted by Gasteiger charge is -2.31. The molecule has 2 heterocycles. The van der Waals surface area contributed by atoms with Gasteiger partial charge in [0.25, 0.3) is 10.0 Å². The van der Waals surface area contributed by atoms with E-state index >= 15 is 0 Å². The van der Waals surface area contributed by atoms with Crippen molar-refractivity contribution in [2.24, 2.45) is 5.92 Å². The molecule has 1 aliphatic heterocycles. The molecule has 5 nitrogen and oxygen atoms in total. The van der Waals surface area contributed by atoms with Gasteiger partial charge in [-0.3, -0.25) is 4.79 Å². The molecular weight excluding hydrogens is 356 g/mol. The first-order valence-corrected chi connectivity index (χ1v) is 10.7. The summed E-state index contributed by atoms with van der Waals surface area (Å²) in [6, 6.07) is 13.0. The molecule has 0 spiro atoms. The standard InChI is InChI=1S/C18H22N2O3S2/c1-14(15-7-3-2-4-8-15)19-18(21)16-9-5-11-20(13-16)25(22,23)17-10-6-12-24-17/h2-4,6-8,10,12,14,16H,5,9,11,13H2,1H3,(H,19,21)/t14-,16-/m0/s1. The highest BCUT2D eigenvalue weighted by molar-refractivity contribution is 7.91. The van der Waals surface area contributed by atoms with Gasteiger partial charge in [0.1, 0.15) is 4.21 Å². The average molecular weight is 379 g/mol. The molecule has 0 unspecified atom stereocenters. The van der Waals surface area contributed by atoms with Crippen LogP contribution < -0.4 is 5.32 Å². The lowest BCUT2D eigenvalue weighted by atomic mass is 9.98. The van der Waals surface area contributed by atoms with Crippen molar-refractivity contribution in [1.82, 2.24) is 9.62 Å². The van der Waals surface area contributed by atoms with Gasteiger partial charge in [0.15, 0.2) is 0 Å². The summed E-state index contributed by atoms with van der Waals surface area (Å²) in [7, 11) is -3.49. The largest absolute Gasteiger partial charge is 0.349 e. The number of rotatable bonds is 5. The fraction of sp³-hybridized carbons (Fsp3) is 0.389. The molecule has 3 rings (SSSR count). The van der Waals surface area contributed by atoms with Crippen LogP contribution in [0.4, 0.5) is 0 Å². The van der Waals surface area contributed by atoms with E-state index in [-0.39, 0.29) is 24.4 Å². The van der Waals surface area contributed by atoms with Crippen LogP contribution in [0.25, 0.3) is 0 Å². The highest BCUT2D eigenvalue weighted by Crippen LogP contribution is 2.26. The van der Waals surface area contributed by atoms with Crippen LogP contribution in [-0.4, -0.2) is 31.7 Å². The zero-order valence-corrected chi connectivity index (χ0v) is 15.7. The lowest BCUT2D eigenvalue weighted by Crippen LogP contribution is -2.45. The molecule has 1 amide bonds. The molecular formula is C18H22N2O3S2. The molecule has 25 heavy (non-hydrogen) atoms. The Kier molecular flexibility index (Phi) is 5.56. The van der Waals surface area contributed by atoms with Gasteiger partial charge in [-0.2, -0.15) is 4.31 Å². The van der Waals surface area contributed by atoms with E-state index in [1.165, 1.54) is 15.6 Å². The fourth-order valence-corrected chi connectivity index (χ4v) is 5.74. The highest BCUT2D eigenvalue weighted by atomic mass is 32.2. The molecule has 1 fully saturated rings. The molecule has 0 radical (unpaired) electrons. The minimum atomic E-state index is -3.49. The predicted molar refractivity (Wildman–Crippen MR) is 98.8 cm³/mol. The van der Waals surface area contributed by atoms with Crippen LogP contribution in [-0.2, 0) is 14.8 Å².